The van der Waals surface area contributed by atoms with Gasteiger partial charge in [-0.15, -0.1) is 0 Å². The Morgan fingerprint density at radius 2 is 2.10 bits per heavy atom. The molecule has 122 valence electrons. The predicted molar refractivity (Wildman–Crippen MR) is 92.2 cm³/mol. The van der Waals surface area contributed by atoms with Crippen molar-refractivity contribution in [1.29, 1.82) is 0 Å². The Bertz CT molecular complexity index is 323. The van der Waals surface area contributed by atoms with E-state index in [4.69, 9.17) is 4.74 Å². The molecule has 0 aromatic rings. The normalized spacial score (nSPS) is 25.2. The van der Waals surface area contributed by atoms with E-state index in [0.717, 1.165) is 37.3 Å². The molecule has 4 nitrogen and oxygen atoms in total. The van der Waals surface area contributed by atoms with Crippen molar-refractivity contribution < 1.29 is 4.74 Å². The van der Waals surface area contributed by atoms with Gasteiger partial charge in [0, 0.05) is 39.1 Å². The third-order valence-corrected chi connectivity index (χ3v) is 6.27. The van der Waals surface area contributed by atoms with Crippen LogP contribution in [0.15, 0.2) is 4.99 Å². The van der Waals surface area contributed by atoms with Crippen LogP contribution in [0.2, 0.25) is 0 Å². The van der Waals surface area contributed by atoms with Gasteiger partial charge in [0.15, 0.2) is 5.96 Å². The molecule has 0 spiro atoms. The molecule has 0 aromatic heterocycles. The van der Waals surface area contributed by atoms with Crippen molar-refractivity contribution in [2.75, 3.05) is 39.6 Å². The third-order valence-electron chi connectivity index (χ3n) is 4.88. The average molecular weight is 314 g/mol. The second-order valence-corrected chi connectivity index (χ2v) is 7.80. The summed E-state index contributed by atoms with van der Waals surface area (Å²) < 4.78 is 5.30. The van der Waals surface area contributed by atoms with Crippen molar-refractivity contribution in [1.82, 2.24) is 10.6 Å². The first-order chi connectivity index (χ1) is 10.3. The molecule has 21 heavy (non-hydrogen) atoms. The zero-order valence-electron chi connectivity index (χ0n) is 13.6. The SMILES string of the molecule is CN=C(NCC1CCCS1)NCC1(CCOC)CCCC1. The summed E-state index contributed by atoms with van der Waals surface area (Å²) in [6.07, 6.45) is 9.21. The fourth-order valence-electron chi connectivity index (χ4n) is 3.47. The molecule has 1 heterocycles. The largest absolute Gasteiger partial charge is 0.385 e. The quantitative estimate of drug-likeness (QED) is 0.560. The Kier molecular flexibility index (Phi) is 7.17. The number of guanidine groups is 1. The molecule has 0 bridgehead atoms. The van der Waals surface area contributed by atoms with Gasteiger partial charge in [-0.1, -0.05) is 12.8 Å². The van der Waals surface area contributed by atoms with Gasteiger partial charge in [-0.2, -0.15) is 11.8 Å². The monoisotopic (exact) mass is 313 g/mol. The third kappa shape index (κ3) is 5.37. The fourth-order valence-corrected chi connectivity index (χ4v) is 4.67. The Labute approximate surface area is 133 Å². The number of methoxy groups -OCH3 is 1. The summed E-state index contributed by atoms with van der Waals surface area (Å²) >= 11 is 2.09. The van der Waals surface area contributed by atoms with Crippen molar-refractivity contribution in [3.8, 4) is 0 Å². The Morgan fingerprint density at radius 3 is 2.71 bits per heavy atom. The van der Waals surface area contributed by atoms with Crippen LogP contribution >= 0.6 is 11.8 Å². The van der Waals surface area contributed by atoms with E-state index < -0.39 is 0 Å². The maximum absolute atomic E-state index is 5.30. The molecule has 5 heteroatoms. The van der Waals surface area contributed by atoms with Crippen LogP contribution in [0.25, 0.3) is 0 Å². The lowest BCUT2D eigenvalue weighted by atomic mass is 9.83. The fraction of sp³-hybridized carbons (Fsp3) is 0.938. The molecule has 0 radical (unpaired) electrons. The second kappa shape index (κ2) is 8.89. The van der Waals surface area contributed by atoms with Gasteiger partial charge in [0.05, 0.1) is 0 Å². The van der Waals surface area contributed by atoms with Gasteiger partial charge in [0.2, 0.25) is 0 Å². The van der Waals surface area contributed by atoms with Crippen LogP contribution in [0.1, 0.15) is 44.9 Å². The van der Waals surface area contributed by atoms with Crippen LogP contribution in [0, 0.1) is 5.41 Å². The summed E-state index contributed by atoms with van der Waals surface area (Å²) in [4.78, 5) is 4.38. The minimum absolute atomic E-state index is 0.412. The van der Waals surface area contributed by atoms with E-state index in [-0.39, 0.29) is 0 Å². The van der Waals surface area contributed by atoms with Crippen LogP contribution in [0.3, 0.4) is 0 Å². The number of rotatable bonds is 7. The van der Waals surface area contributed by atoms with Gasteiger partial charge in [-0.05, 0) is 43.3 Å². The second-order valence-electron chi connectivity index (χ2n) is 6.39. The lowest BCUT2D eigenvalue weighted by Gasteiger charge is -2.30. The van der Waals surface area contributed by atoms with Gasteiger partial charge in [0.25, 0.3) is 0 Å². The van der Waals surface area contributed by atoms with Crippen molar-refractivity contribution >= 4 is 17.7 Å². The number of hydrogen-bond acceptors (Lipinski definition) is 3. The molecular weight excluding hydrogens is 282 g/mol. The highest BCUT2D eigenvalue weighted by Gasteiger charge is 2.33. The molecule has 1 saturated carbocycles. The predicted octanol–water partition coefficient (Wildman–Crippen LogP) is 2.64. The van der Waals surface area contributed by atoms with Crippen LogP contribution in [-0.4, -0.2) is 50.8 Å². The summed E-state index contributed by atoms with van der Waals surface area (Å²) in [5.41, 5.74) is 0.412. The van der Waals surface area contributed by atoms with E-state index in [2.05, 4.69) is 27.4 Å². The summed E-state index contributed by atoms with van der Waals surface area (Å²) in [5.74, 6) is 2.28. The van der Waals surface area contributed by atoms with Gasteiger partial charge in [0.1, 0.15) is 0 Å². The molecule has 0 amide bonds. The topological polar surface area (TPSA) is 45.7 Å². The highest BCUT2D eigenvalue weighted by molar-refractivity contribution is 8.00. The number of nitrogens with one attached hydrogen (secondary N) is 2. The highest BCUT2D eigenvalue weighted by atomic mass is 32.2. The molecule has 0 aromatic carbocycles. The summed E-state index contributed by atoms with van der Waals surface area (Å²) in [7, 11) is 3.67. The van der Waals surface area contributed by atoms with E-state index in [1.165, 1.54) is 44.3 Å². The molecule has 2 rings (SSSR count). The van der Waals surface area contributed by atoms with Crippen molar-refractivity contribution in [3.05, 3.63) is 0 Å². The van der Waals surface area contributed by atoms with Gasteiger partial charge < -0.3 is 15.4 Å². The number of aliphatic imine (C=N–C) groups is 1. The molecular formula is C16H31N3OS. The minimum atomic E-state index is 0.412. The minimum Gasteiger partial charge on any atom is -0.385 e. The smallest absolute Gasteiger partial charge is 0.191 e. The Hall–Kier alpha value is -0.420. The maximum atomic E-state index is 5.30. The maximum Gasteiger partial charge on any atom is 0.191 e. The highest BCUT2D eigenvalue weighted by Crippen LogP contribution is 2.40. The molecule has 1 saturated heterocycles. The number of nitrogens with zero attached hydrogens (tertiary/aromatic N) is 1. The van der Waals surface area contributed by atoms with Crippen LogP contribution in [0.4, 0.5) is 0 Å². The van der Waals surface area contributed by atoms with E-state index in [1.807, 2.05) is 7.05 Å². The first-order valence-corrected chi connectivity index (χ1v) is 9.38. The number of ether oxygens (including phenoxy) is 1. The standard InChI is InChI=1S/C16H31N3OS/c1-17-15(18-12-14-6-5-11-21-14)19-13-16(9-10-20-2)7-3-4-8-16/h14H,3-13H2,1-2H3,(H2,17,18,19). The molecule has 1 aliphatic carbocycles. The van der Waals surface area contributed by atoms with E-state index in [9.17, 15) is 0 Å². The zero-order valence-corrected chi connectivity index (χ0v) is 14.4. The van der Waals surface area contributed by atoms with Gasteiger partial charge >= 0.3 is 0 Å². The number of thioether (sulfide) groups is 1. The number of hydrogen-bond donors (Lipinski definition) is 2. The lowest BCUT2D eigenvalue weighted by molar-refractivity contribution is 0.138. The van der Waals surface area contributed by atoms with Crippen LogP contribution < -0.4 is 10.6 Å². The Balaban J connectivity index is 1.74. The van der Waals surface area contributed by atoms with E-state index in [1.54, 1.807) is 7.11 Å². The molecule has 2 fully saturated rings. The average Bonchev–Trinajstić information content (AvgIpc) is 3.17. The first-order valence-electron chi connectivity index (χ1n) is 8.33. The molecule has 1 unspecified atom stereocenters. The van der Waals surface area contributed by atoms with Crippen LogP contribution in [0.5, 0.6) is 0 Å². The zero-order chi connectivity index (χ0) is 15.0. The van der Waals surface area contributed by atoms with Crippen molar-refractivity contribution in [3.63, 3.8) is 0 Å². The van der Waals surface area contributed by atoms with E-state index >= 15 is 0 Å². The van der Waals surface area contributed by atoms with Gasteiger partial charge in [-0.25, -0.2) is 0 Å². The summed E-state index contributed by atoms with van der Waals surface area (Å²) in [6, 6.07) is 0. The molecule has 2 N–H and O–H groups in total. The van der Waals surface area contributed by atoms with E-state index in [0.29, 0.717) is 5.41 Å². The molecule has 1 aliphatic heterocycles. The first kappa shape index (κ1) is 16.9. The molecule has 2 aliphatic rings. The summed E-state index contributed by atoms with van der Waals surface area (Å²) in [5, 5.41) is 7.82. The van der Waals surface area contributed by atoms with Crippen LogP contribution in [-0.2, 0) is 4.74 Å². The van der Waals surface area contributed by atoms with Crippen molar-refractivity contribution in [2.45, 2.75) is 50.2 Å². The Morgan fingerprint density at radius 1 is 1.29 bits per heavy atom. The van der Waals surface area contributed by atoms with Crippen molar-refractivity contribution in [2.24, 2.45) is 10.4 Å². The van der Waals surface area contributed by atoms with Gasteiger partial charge in [-0.3, -0.25) is 4.99 Å². The summed E-state index contributed by atoms with van der Waals surface area (Å²) in [6.45, 7) is 2.93. The molecule has 1 atom stereocenters. The lowest BCUT2D eigenvalue weighted by Crippen LogP contribution is -2.44.